The summed E-state index contributed by atoms with van der Waals surface area (Å²) in [6.07, 6.45) is 1.99. The second-order valence-electron chi connectivity index (χ2n) is 6.24. The molecule has 1 saturated heterocycles. The average molecular weight is 370 g/mol. The first-order chi connectivity index (χ1) is 12.0. The Hall–Kier alpha value is -1.64. The van der Waals surface area contributed by atoms with Crippen LogP contribution in [0.5, 0.6) is 0 Å². The fourth-order valence-corrected chi connectivity index (χ4v) is 3.81. The Kier molecular flexibility index (Phi) is 7.67. The van der Waals surface area contributed by atoms with Crippen LogP contribution in [0.3, 0.4) is 0 Å². The number of quaternary nitrogens is 1. The van der Waals surface area contributed by atoms with Crippen molar-refractivity contribution < 1.29 is 22.8 Å². The average Bonchev–Trinajstić information content (AvgIpc) is 2.59. The summed E-state index contributed by atoms with van der Waals surface area (Å²) in [7, 11) is -3.36. The Bertz CT molecular complexity index is 631. The van der Waals surface area contributed by atoms with Crippen LogP contribution in [0.4, 0.5) is 5.69 Å². The maximum absolute atomic E-state index is 12.0. The first-order valence-electron chi connectivity index (χ1n) is 8.67. The lowest BCUT2D eigenvalue weighted by molar-refractivity contribution is -0.906. The molecule has 1 heterocycles. The maximum Gasteiger partial charge on any atom is 0.232 e. The number of para-hydroxylation sites is 1. The van der Waals surface area contributed by atoms with Crippen molar-refractivity contribution in [3.63, 3.8) is 0 Å². The molecule has 0 atom stereocenters. The van der Waals surface area contributed by atoms with Crippen LogP contribution in [0.25, 0.3) is 0 Å². The monoisotopic (exact) mass is 370 g/mol. The summed E-state index contributed by atoms with van der Waals surface area (Å²) >= 11 is 0. The third-order valence-corrected chi connectivity index (χ3v) is 5.40. The van der Waals surface area contributed by atoms with Gasteiger partial charge in [-0.25, -0.2) is 8.42 Å². The van der Waals surface area contributed by atoms with Crippen LogP contribution < -0.4 is 14.5 Å². The molecule has 140 valence electrons. The lowest BCUT2D eigenvalue weighted by Gasteiger charge is -2.24. The van der Waals surface area contributed by atoms with Gasteiger partial charge in [0.2, 0.25) is 15.9 Å². The number of rotatable bonds is 9. The number of nitrogens with one attached hydrogen (secondary N) is 2. The Morgan fingerprint density at radius 1 is 1.24 bits per heavy atom. The Balaban J connectivity index is 1.71. The molecule has 0 saturated carbocycles. The van der Waals surface area contributed by atoms with E-state index in [0.29, 0.717) is 31.6 Å². The molecule has 2 N–H and O–H groups in total. The van der Waals surface area contributed by atoms with Crippen molar-refractivity contribution in [3.8, 4) is 0 Å². The normalized spacial score (nSPS) is 15.7. The van der Waals surface area contributed by atoms with Gasteiger partial charge in [0.15, 0.2) is 0 Å². The van der Waals surface area contributed by atoms with E-state index < -0.39 is 10.0 Å². The van der Waals surface area contributed by atoms with Crippen LogP contribution in [0.1, 0.15) is 12.8 Å². The van der Waals surface area contributed by atoms with Crippen molar-refractivity contribution in [2.24, 2.45) is 0 Å². The number of anilines is 1. The molecule has 1 aliphatic heterocycles. The van der Waals surface area contributed by atoms with Gasteiger partial charge in [0.1, 0.15) is 13.1 Å². The van der Waals surface area contributed by atoms with Crippen molar-refractivity contribution in [2.75, 3.05) is 56.5 Å². The number of hydrogen-bond donors (Lipinski definition) is 2. The van der Waals surface area contributed by atoms with Crippen LogP contribution in [0, 0.1) is 0 Å². The number of carbonyl (C=O) groups is 1. The minimum Gasteiger partial charge on any atom is -0.370 e. The Morgan fingerprint density at radius 3 is 2.56 bits per heavy atom. The van der Waals surface area contributed by atoms with Crippen molar-refractivity contribution in [2.45, 2.75) is 12.8 Å². The number of sulfonamides is 1. The number of carbonyl (C=O) groups excluding carboxylic acids is 1. The van der Waals surface area contributed by atoms with Crippen LogP contribution in [0.15, 0.2) is 30.3 Å². The predicted molar refractivity (Wildman–Crippen MR) is 97.3 cm³/mol. The highest BCUT2D eigenvalue weighted by Crippen LogP contribution is 2.17. The second kappa shape index (κ2) is 9.74. The SMILES string of the molecule is CS(=O)(=O)N(CCCC(=O)NCC[NH+]1CCOCC1)c1ccccc1. The third kappa shape index (κ3) is 7.01. The fourth-order valence-electron chi connectivity index (χ4n) is 2.84. The number of benzene rings is 1. The first kappa shape index (κ1) is 19.7. The molecule has 0 bridgehead atoms. The van der Waals surface area contributed by atoms with E-state index in [-0.39, 0.29) is 5.91 Å². The van der Waals surface area contributed by atoms with E-state index in [1.165, 1.54) is 15.5 Å². The minimum absolute atomic E-state index is 0.0332. The van der Waals surface area contributed by atoms with E-state index >= 15 is 0 Å². The molecule has 7 nitrogen and oxygen atoms in total. The quantitative estimate of drug-likeness (QED) is 0.600. The number of hydrogen-bond acceptors (Lipinski definition) is 4. The zero-order valence-corrected chi connectivity index (χ0v) is 15.6. The smallest absolute Gasteiger partial charge is 0.232 e. The van der Waals surface area contributed by atoms with Crippen LogP contribution in [0.2, 0.25) is 0 Å². The van der Waals surface area contributed by atoms with Gasteiger partial charge < -0.3 is 15.0 Å². The number of nitrogens with zero attached hydrogens (tertiary/aromatic N) is 1. The molecule has 0 spiro atoms. The van der Waals surface area contributed by atoms with Crippen LogP contribution in [-0.4, -0.2) is 66.5 Å². The molecule has 8 heteroatoms. The van der Waals surface area contributed by atoms with Crippen LogP contribution in [-0.2, 0) is 19.6 Å². The highest BCUT2D eigenvalue weighted by Gasteiger charge is 2.17. The first-order valence-corrected chi connectivity index (χ1v) is 10.5. The van der Waals surface area contributed by atoms with Gasteiger partial charge >= 0.3 is 0 Å². The summed E-state index contributed by atoms with van der Waals surface area (Å²) in [4.78, 5) is 13.4. The summed E-state index contributed by atoms with van der Waals surface area (Å²) in [5.41, 5.74) is 0.626. The molecule has 25 heavy (non-hydrogen) atoms. The van der Waals surface area contributed by atoms with Gasteiger partial charge in [0.05, 0.1) is 38.2 Å². The fraction of sp³-hybridized carbons (Fsp3) is 0.588. The van der Waals surface area contributed by atoms with Crippen LogP contribution >= 0.6 is 0 Å². The molecular weight excluding hydrogens is 342 g/mol. The molecule has 1 amide bonds. The second-order valence-corrected chi connectivity index (χ2v) is 8.14. The highest BCUT2D eigenvalue weighted by atomic mass is 32.2. The van der Waals surface area contributed by atoms with Crippen molar-refractivity contribution in [1.29, 1.82) is 0 Å². The van der Waals surface area contributed by atoms with E-state index in [0.717, 1.165) is 32.8 Å². The summed E-state index contributed by atoms with van der Waals surface area (Å²) in [5, 5.41) is 2.91. The lowest BCUT2D eigenvalue weighted by Crippen LogP contribution is -3.14. The van der Waals surface area contributed by atoms with Gasteiger partial charge in [-0.3, -0.25) is 9.10 Å². The van der Waals surface area contributed by atoms with Crippen molar-refractivity contribution in [1.82, 2.24) is 5.32 Å². The maximum atomic E-state index is 12.0. The zero-order valence-electron chi connectivity index (χ0n) is 14.7. The minimum atomic E-state index is -3.36. The molecule has 0 unspecified atom stereocenters. The summed E-state index contributed by atoms with van der Waals surface area (Å²) < 4.78 is 30.6. The third-order valence-electron chi connectivity index (χ3n) is 4.21. The molecule has 1 aliphatic rings. The molecule has 2 rings (SSSR count). The molecule has 0 aromatic heterocycles. The van der Waals surface area contributed by atoms with E-state index in [9.17, 15) is 13.2 Å². The van der Waals surface area contributed by atoms with Crippen molar-refractivity contribution >= 4 is 21.6 Å². The van der Waals surface area contributed by atoms with E-state index in [1.807, 2.05) is 6.07 Å². The van der Waals surface area contributed by atoms with Gasteiger partial charge in [-0.1, -0.05) is 18.2 Å². The summed E-state index contributed by atoms with van der Waals surface area (Å²) in [6.45, 7) is 5.36. The number of amides is 1. The molecule has 0 aliphatic carbocycles. The van der Waals surface area contributed by atoms with Crippen molar-refractivity contribution in [3.05, 3.63) is 30.3 Å². The largest absolute Gasteiger partial charge is 0.370 e. The lowest BCUT2D eigenvalue weighted by atomic mass is 10.2. The number of ether oxygens (including phenoxy) is 1. The standard InChI is InChI=1S/C17H27N3O4S/c1-25(22,23)20(16-6-3-2-4-7-16)10-5-8-17(21)18-9-11-19-12-14-24-15-13-19/h2-4,6-7H,5,8-15H2,1H3,(H,18,21)/p+1. The van der Waals surface area contributed by atoms with Gasteiger partial charge in [-0.05, 0) is 18.6 Å². The molecule has 0 radical (unpaired) electrons. The molecule has 1 aromatic carbocycles. The summed E-state index contributed by atoms with van der Waals surface area (Å²) in [6, 6.07) is 8.95. The molecule has 1 fully saturated rings. The van der Waals surface area contributed by atoms with E-state index in [2.05, 4.69) is 5.32 Å². The zero-order chi connectivity index (χ0) is 18.1. The van der Waals surface area contributed by atoms with Gasteiger partial charge in [0.25, 0.3) is 0 Å². The van der Waals surface area contributed by atoms with Gasteiger partial charge in [0, 0.05) is 13.0 Å². The Morgan fingerprint density at radius 2 is 1.92 bits per heavy atom. The van der Waals surface area contributed by atoms with Gasteiger partial charge in [-0.15, -0.1) is 0 Å². The van der Waals surface area contributed by atoms with Gasteiger partial charge in [-0.2, -0.15) is 0 Å². The predicted octanol–water partition coefficient (Wildman–Crippen LogP) is -0.736. The molecular formula is C17H28N3O4S+. The number of morpholine rings is 1. The summed E-state index contributed by atoms with van der Waals surface area (Å²) in [5.74, 6) is -0.0332. The van der Waals surface area contributed by atoms with E-state index in [1.54, 1.807) is 24.3 Å². The topological polar surface area (TPSA) is 80.2 Å². The van der Waals surface area contributed by atoms with E-state index in [4.69, 9.17) is 4.74 Å². The highest BCUT2D eigenvalue weighted by molar-refractivity contribution is 7.92. The molecule has 1 aromatic rings. The Labute approximate surface area is 150 Å².